The van der Waals surface area contributed by atoms with Gasteiger partial charge < -0.3 is 30.3 Å². The van der Waals surface area contributed by atoms with E-state index in [-0.39, 0.29) is 34.3 Å². The Labute approximate surface area is 130 Å². The zero-order valence-corrected chi connectivity index (χ0v) is 11.9. The molecule has 0 fully saturated rings. The second-order valence-electron chi connectivity index (χ2n) is 5.06. The maximum atomic E-state index is 10.3. The van der Waals surface area contributed by atoms with Crippen molar-refractivity contribution in [3.05, 3.63) is 41.5 Å². The van der Waals surface area contributed by atoms with Gasteiger partial charge in [-0.1, -0.05) is 6.07 Å². The van der Waals surface area contributed by atoms with E-state index >= 15 is 0 Å². The number of hydrogen-bond donors (Lipinski definition) is 5. The van der Waals surface area contributed by atoms with Crippen LogP contribution in [0.15, 0.2) is 30.3 Å². The fourth-order valence-electron chi connectivity index (χ4n) is 2.49. The van der Waals surface area contributed by atoms with Gasteiger partial charge in [0, 0.05) is 12.1 Å². The molecular weight excluding hydrogens is 312 g/mol. The summed E-state index contributed by atoms with van der Waals surface area (Å²) in [6.45, 7) is 0. The summed E-state index contributed by atoms with van der Waals surface area (Å²) in [5.41, 5.74) is 0.577. The summed E-state index contributed by atoms with van der Waals surface area (Å²) in [5.74, 6) is -0.999. The fraction of sp³-hybridized carbons (Fsp3) is 0.200. The number of ether oxygens (including phenoxy) is 1. The van der Waals surface area contributed by atoms with E-state index in [1.807, 2.05) is 0 Å². The second-order valence-corrected chi connectivity index (χ2v) is 5.53. The monoisotopic (exact) mass is 324 g/mol. The van der Waals surface area contributed by atoms with E-state index in [1.54, 1.807) is 0 Å². The first kappa shape index (κ1) is 14.6. The van der Waals surface area contributed by atoms with Gasteiger partial charge in [-0.15, -0.1) is 11.6 Å². The number of aliphatic hydroxyl groups excluding tert-OH is 1. The van der Waals surface area contributed by atoms with Gasteiger partial charge in [0.2, 0.25) is 0 Å². The third-order valence-corrected chi connectivity index (χ3v) is 4.05. The average Bonchev–Trinajstić information content (AvgIpc) is 2.45. The van der Waals surface area contributed by atoms with Gasteiger partial charge in [0.1, 0.15) is 23.4 Å². The van der Waals surface area contributed by atoms with Crippen molar-refractivity contribution in [1.82, 2.24) is 0 Å². The van der Waals surface area contributed by atoms with Crippen molar-refractivity contribution in [2.75, 3.05) is 0 Å². The van der Waals surface area contributed by atoms with Crippen LogP contribution >= 0.6 is 11.6 Å². The standard InChI is InChI=1S/C15H13ClO6/c16-13-12-10(20)4-7(17)5-11(12)22-15(14(13)21)6-1-2-8(18)9(19)3-6/h1-5,13-15,17-21H/t13?,14-,15+/m0/s1. The molecule has 3 rings (SSSR count). The Morgan fingerprint density at radius 3 is 2.32 bits per heavy atom. The predicted molar refractivity (Wildman–Crippen MR) is 77.5 cm³/mol. The van der Waals surface area contributed by atoms with Gasteiger partial charge in [0.15, 0.2) is 17.6 Å². The number of benzene rings is 2. The summed E-state index contributed by atoms with van der Waals surface area (Å²) in [6.07, 6.45) is -2.13. The average molecular weight is 325 g/mol. The lowest BCUT2D eigenvalue weighted by Gasteiger charge is -2.34. The highest BCUT2D eigenvalue weighted by molar-refractivity contribution is 6.21. The highest BCUT2D eigenvalue weighted by Gasteiger charge is 2.39. The van der Waals surface area contributed by atoms with Crippen LogP contribution in [0.1, 0.15) is 22.6 Å². The Bertz CT molecular complexity index is 732. The Morgan fingerprint density at radius 2 is 1.64 bits per heavy atom. The number of hydrogen-bond acceptors (Lipinski definition) is 6. The molecule has 1 aliphatic heterocycles. The van der Waals surface area contributed by atoms with E-state index in [0.29, 0.717) is 5.56 Å². The molecule has 0 bridgehead atoms. The van der Waals surface area contributed by atoms with E-state index in [4.69, 9.17) is 16.3 Å². The van der Waals surface area contributed by atoms with Crippen molar-refractivity contribution in [2.24, 2.45) is 0 Å². The Morgan fingerprint density at radius 1 is 0.909 bits per heavy atom. The fourth-order valence-corrected chi connectivity index (χ4v) is 2.84. The highest BCUT2D eigenvalue weighted by atomic mass is 35.5. The van der Waals surface area contributed by atoms with Crippen molar-refractivity contribution < 1.29 is 30.3 Å². The molecular formula is C15H13ClO6. The minimum atomic E-state index is -1.20. The number of phenolic OH excluding ortho intramolecular Hbond substituents is 4. The first-order valence-electron chi connectivity index (χ1n) is 6.45. The van der Waals surface area contributed by atoms with Crippen LogP contribution in [0.2, 0.25) is 0 Å². The van der Waals surface area contributed by atoms with Crippen molar-refractivity contribution in [3.8, 4) is 28.7 Å². The first-order chi connectivity index (χ1) is 10.4. The third-order valence-electron chi connectivity index (χ3n) is 3.57. The van der Waals surface area contributed by atoms with Gasteiger partial charge >= 0.3 is 0 Å². The number of aromatic hydroxyl groups is 4. The maximum Gasteiger partial charge on any atom is 0.157 e. The minimum absolute atomic E-state index is 0.139. The molecule has 0 aromatic heterocycles. The molecule has 7 heteroatoms. The number of alkyl halides is 1. The molecule has 5 N–H and O–H groups in total. The molecule has 2 aromatic rings. The summed E-state index contributed by atoms with van der Waals surface area (Å²) in [6, 6.07) is 6.38. The molecule has 1 unspecified atom stereocenters. The van der Waals surface area contributed by atoms with Crippen molar-refractivity contribution in [3.63, 3.8) is 0 Å². The maximum absolute atomic E-state index is 10.3. The lowest BCUT2D eigenvalue weighted by Crippen LogP contribution is -2.32. The number of fused-ring (bicyclic) bond motifs is 1. The summed E-state index contributed by atoms with van der Waals surface area (Å²) >= 11 is 6.19. The van der Waals surface area contributed by atoms with Gasteiger partial charge in [-0.05, 0) is 17.7 Å². The topological polar surface area (TPSA) is 110 Å². The Kier molecular flexibility index (Phi) is 3.42. The zero-order valence-electron chi connectivity index (χ0n) is 11.1. The molecule has 0 saturated heterocycles. The van der Waals surface area contributed by atoms with Gasteiger partial charge in [0.05, 0.1) is 10.9 Å². The van der Waals surface area contributed by atoms with Gasteiger partial charge in [-0.3, -0.25) is 0 Å². The van der Waals surface area contributed by atoms with Crippen LogP contribution in [-0.2, 0) is 0 Å². The van der Waals surface area contributed by atoms with Crippen LogP contribution in [0.3, 0.4) is 0 Å². The molecule has 0 aliphatic carbocycles. The summed E-state index contributed by atoms with van der Waals surface area (Å²) < 4.78 is 5.61. The molecule has 6 nitrogen and oxygen atoms in total. The largest absolute Gasteiger partial charge is 0.508 e. The molecule has 116 valence electrons. The lowest BCUT2D eigenvalue weighted by molar-refractivity contribution is 0.0158. The third kappa shape index (κ3) is 2.26. The minimum Gasteiger partial charge on any atom is -0.508 e. The van der Waals surface area contributed by atoms with Crippen molar-refractivity contribution in [2.45, 2.75) is 17.6 Å². The molecule has 2 aromatic carbocycles. The van der Waals surface area contributed by atoms with Crippen LogP contribution in [0, 0.1) is 0 Å². The molecule has 0 radical (unpaired) electrons. The van der Waals surface area contributed by atoms with Crippen LogP contribution in [0.4, 0.5) is 0 Å². The van der Waals surface area contributed by atoms with Crippen molar-refractivity contribution in [1.29, 1.82) is 0 Å². The number of aliphatic hydroxyl groups is 1. The molecule has 3 atom stereocenters. The normalized spacial score (nSPS) is 23.6. The Hall–Kier alpha value is -2.31. The molecule has 1 aliphatic rings. The first-order valence-corrected chi connectivity index (χ1v) is 6.88. The van der Waals surface area contributed by atoms with Gasteiger partial charge in [-0.2, -0.15) is 0 Å². The molecule has 1 heterocycles. The molecule has 0 spiro atoms. The van der Waals surface area contributed by atoms with Gasteiger partial charge in [0.25, 0.3) is 0 Å². The van der Waals surface area contributed by atoms with Crippen LogP contribution in [-0.4, -0.2) is 31.6 Å². The van der Waals surface area contributed by atoms with E-state index in [0.717, 1.165) is 6.07 Å². The smallest absolute Gasteiger partial charge is 0.157 e. The number of rotatable bonds is 1. The molecule has 22 heavy (non-hydrogen) atoms. The predicted octanol–water partition coefficient (Wildman–Crippen LogP) is 2.28. The van der Waals surface area contributed by atoms with Crippen molar-refractivity contribution >= 4 is 11.6 Å². The number of halogens is 1. The van der Waals surface area contributed by atoms with Crippen LogP contribution in [0.25, 0.3) is 0 Å². The molecule has 0 amide bonds. The van der Waals surface area contributed by atoms with E-state index in [9.17, 15) is 25.5 Å². The highest BCUT2D eigenvalue weighted by Crippen LogP contribution is 2.49. The van der Waals surface area contributed by atoms with Crippen LogP contribution < -0.4 is 4.74 Å². The van der Waals surface area contributed by atoms with E-state index in [2.05, 4.69) is 0 Å². The SMILES string of the molecule is Oc1cc(O)c2c(c1)O[C@H](c1ccc(O)c(O)c1)[C@@H](O)C2Cl. The zero-order chi connectivity index (χ0) is 16.0. The van der Waals surface area contributed by atoms with E-state index < -0.39 is 17.6 Å². The quantitative estimate of drug-likeness (QED) is 0.406. The second kappa shape index (κ2) is 5.15. The summed E-state index contributed by atoms with van der Waals surface area (Å²) in [7, 11) is 0. The summed E-state index contributed by atoms with van der Waals surface area (Å²) in [4.78, 5) is 0. The Balaban J connectivity index is 2.06. The molecule has 0 saturated carbocycles. The summed E-state index contributed by atoms with van der Waals surface area (Å²) in [5, 5.41) is 47.7. The number of phenols is 4. The lowest BCUT2D eigenvalue weighted by atomic mass is 9.93. The van der Waals surface area contributed by atoms with E-state index in [1.165, 1.54) is 24.3 Å². The van der Waals surface area contributed by atoms with Gasteiger partial charge in [-0.25, -0.2) is 0 Å². The van der Waals surface area contributed by atoms with Crippen LogP contribution in [0.5, 0.6) is 28.7 Å².